The van der Waals surface area contributed by atoms with Crippen molar-refractivity contribution in [2.45, 2.75) is 13.5 Å². The van der Waals surface area contributed by atoms with Gasteiger partial charge in [-0.15, -0.1) is 0 Å². The lowest BCUT2D eigenvalue weighted by molar-refractivity contribution is 0.0945. The van der Waals surface area contributed by atoms with Gasteiger partial charge in [-0.3, -0.25) is 14.9 Å². The Morgan fingerprint density at radius 1 is 1.44 bits per heavy atom. The van der Waals surface area contributed by atoms with E-state index in [0.29, 0.717) is 12.4 Å². The molecule has 8 heteroatoms. The SMILES string of the molecule is Cc1[nH]ncc1CNC(=O)c1cncc(NN)n1. The van der Waals surface area contributed by atoms with Crippen LogP contribution >= 0.6 is 0 Å². The van der Waals surface area contributed by atoms with Gasteiger partial charge in [0.25, 0.3) is 5.91 Å². The van der Waals surface area contributed by atoms with Crippen LogP contribution in [0.1, 0.15) is 21.7 Å². The van der Waals surface area contributed by atoms with E-state index in [1.807, 2.05) is 6.92 Å². The van der Waals surface area contributed by atoms with Crippen molar-refractivity contribution in [3.63, 3.8) is 0 Å². The summed E-state index contributed by atoms with van der Waals surface area (Å²) >= 11 is 0. The fourth-order valence-electron chi connectivity index (χ4n) is 1.36. The first kappa shape index (κ1) is 12.0. The number of carbonyl (C=O) groups is 1. The van der Waals surface area contributed by atoms with Gasteiger partial charge in [0, 0.05) is 17.8 Å². The molecule has 0 aliphatic carbocycles. The Morgan fingerprint density at radius 3 is 2.94 bits per heavy atom. The lowest BCUT2D eigenvalue weighted by Gasteiger charge is -2.04. The molecule has 2 aromatic rings. The van der Waals surface area contributed by atoms with Crippen molar-refractivity contribution in [1.29, 1.82) is 0 Å². The number of nitrogens with zero attached hydrogens (tertiary/aromatic N) is 3. The van der Waals surface area contributed by atoms with Crippen molar-refractivity contribution >= 4 is 11.7 Å². The van der Waals surface area contributed by atoms with E-state index in [1.54, 1.807) is 6.20 Å². The molecule has 94 valence electrons. The van der Waals surface area contributed by atoms with Gasteiger partial charge in [-0.25, -0.2) is 10.8 Å². The first-order chi connectivity index (χ1) is 8.70. The fraction of sp³-hybridized carbons (Fsp3) is 0.200. The third-order valence-electron chi connectivity index (χ3n) is 2.39. The Labute approximate surface area is 103 Å². The normalized spacial score (nSPS) is 10.1. The molecular weight excluding hydrogens is 234 g/mol. The van der Waals surface area contributed by atoms with Gasteiger partial charge < -0.3 is 10.7 Å². The summed E-state index contributed by atoms with van der Waals surface area (Å²) in [5.74, 6) is 5.21. The standard InChI is InChI=1S/C10H13N7O/c1-6-7(3-14-17-6)2-13-10(18)8-4-12-5-9(15-8)16-11/h3-5H,2,11H2,1H3,(H,13,18)(H,14,17)(H,15,16). The summed E-state index contributed by atoms with van der Waals surface area (Å²) in [6, 6.07) is 0. The van der Waals surface area contributed by atoms with Gasteiger partial charge in [-0.05, 0) is 6.92 Å². The van der Waals surface area contributed by atoms with Crippen molar-refractivity contribution in [3.05, 3.63) is 35.5 Å². The number of amides is 1. The summed E-state index contributed by atoms with van der Waals surface area (Å²) in [7, 11) is 0. The molecule has 0 aliphatic heterocycles. The van der Waals surface area contributed by atoms with Gasteiger partial charge in [0.2, 0.25) is 0 Å². The van der Waals surface area contributed by atoms with Crippen LogP contribution in [-0.2, 0) is 6.54 Å². The van der Waals surface area contributed by atoms with Gasteiger partial charge in [-0.1, -0.05) is 0 Å². The second-order valence-corrected chi connectivity index (χ2v) is 3.64. The minimum absolute atomic E-state index is 0.201. The van der Waals surface area contributed by atoms with Gasteiger partial charge in [0.05, 0.1) is 18.6 Å². The quantitative estimate of drug-likeness (QED) is 0.435. The largest absolute Gasteiger partial charge is 0.346 e. The Balaban J connectivity index is 2.01. The van der Waals surface area contributed by atoms with Crippen LogP contribution in [0.15, 0.2) is 18.6 Å². The van der Waals surface area contributed by atoms with Crippen molar-refractivity contribution in [2.24, 2.45) is 5.84 Å². The van der Waals surface area contributed by atoms with Crippen LogP contribution in [0.25, 0.3) is 0 Å². The first-order valence-electron chi connectivity index (χ1n) is 5.26. The van der Waals surface area contributed by atoms with Gasteiger partial charge in [-0.2, -0.15) is 5.10 Å². The highest BCUT2D eigenvalue weighted by molar-refractivity contribution is 5.92. The molecule has 2 heterocycles. The number of hydrazine groups is 1. The fourth-order valence-corrected chi connectivity index (χ4v) is 1.36. The molecule has 8 nitrogen and oxygen atoms in total. The minimum Gasteiger partial charge on any atom is -0.346 e. The zero-order valence-corrected chi connectivity index (χ0v) is 9.77. The van der Waals surface area contributed by atoms with E-state index >= 15 is 0 Å². The predicted octanol–water partition coefficient (Wildman–Crippen LogP) is -0.276. The van der Waals surface area contributed by atoms with Crippen LogP contribution in [0.4, 0.5) is 5.82 Å². The van der Waals surface area contributed by atoms with Crippen LogP contribution in [0.5, 0.6) is 0 Å². The average Bonchev–Trinajstić information content (AvgIpc) is 2.81. The lowest BCUT2D eigenvalue weighted by Crippen LogP contribution is -2.24. The van der Waals surface area contributed by atoms with E-state index in [-0.39, 0.29) is 11.6 Å². The number of aromatic amines is 1. The Morgan fingerprint density at radius 2 is 2.28 bits per heavy atom. The molecule has 0 fully saturated rings. The number of hydrogen-bond donors (Lipinski definition) is 4. The van der Waals surface area contributed by atoms with Crippen LogP contribution in [0, 0.1) is 6.92 Å². The summed E-state index contributed by atoms with van der Waals surface area (Å²) in [6.45, 7) is 2.26. The predicted molar refractivity (Wildman–Crippen MR) is 64.3 cm³/mol. The summed E-state index contributed by atoms with van der Waals surface area (Å²) in [4.78, 5) is 19.6. The van der Waals surface area contributed by atoms with Crippen LogP contribution in [-0.4, -0.2) is 26.1 Å². The van der Waals surface area contributed by atoms with Gasteiger partial charge >= 0.3 is 0 Å². The number of rotatable bonds is 4. The van der Waals surface area contributed by atoms with Crippen LogP contribution in [0.2, 0.25) is 0 Å². The molecule has 0 spiro atoms. The van der Waals surface area contributed by atoms with E-state index in [4.69, 9.17) is 5.84 Å². The minimum atomic E-state index is -0.319. The molecule has 0 saturated carbocycles. The second kappa shape index (κ2) is 5.23. The number of carbonyl (C=O) groups excluding carboxylic acids is 1. The first-order valence-corrected chi connectivity index (χ1v) is 5.26. The van der Waals surface area contributed by atoms with Crippen molar-refractivity contribution < 1.29 is 4.79 Å². The van der Waals surface area contributed by atoms with E-state index in [9.17, 15) is 4.79 Å². The Kier molecular flexibility index (Phi) is 3.49. The Hall–Kier alpha value is -2.48. The molecule has 0 atom stereocenters. The molecular formula is C10H13N7O. The van der Waals surface area contributed by atoms with Crippen molar-refractivity contribution in [1.82, 2.24) is 25.5 Å². The summed E-state index contributed by atoms with van der Waals surface area (Å²) in [5.41, 5.74) is 4.37. The van der Waals surface area contributed by atoms with Gasteiger partial charge in [0.1, 0.15) is 5.69 Å². The number of anilines is 1. The summed E-state index contributed by atoms with van der Waals surface area (Å²) in [6.07, 6.45) is 4.47. The molecule has 0 bridgehead atoms. The smallest absolute Gasteiger partial charge is 0.271 e. The van der Waals surface area contributed by atoms with E-state index in [0.717, 1.165) is 11.3 Å². The zero-order chi connectivity index (χ0) is 13.0. The highest BCUT2D eigenvalue weighted by Crippen LogP contribution is 2.03. The molecule has 2 aromatic heterocycles. The lowest BCUT2D eigenvalue weighted by atomic mass is 10.2. The highest BCUT2D eigenvalue weighted by Gasteiger charge is 2.09. The zero-order valence-electron chi connectivity index (χ0n) is 9.77. The van der Waals surface area contributed by atoms with Crippen LogP contribution < -0.4 is 16.6 Å². The topological polar surface area (TPSA) is 122 Å². The maximum atomic E-state index is 11.8. The third-order valence-corrected chi connectivity index (χ3v) is 2.39. The number of hydrogen-bond acceptors (Lipinski definition) is 6. The monoisotopic (exact) mass is 247 g/mol. The molecule has 0 saturated heterocycles. The van der Waals surface area contributed by atoms with Crippen molar-refractivity contribution in [3.8, 4) is 0 Å². The van der Waals surface area contributed by atoms with Crippen molar-refractivity contribution in [2.75, 3.05) is 5.43 Å². The number of aryl methyl sites for hydroxylation is 1. The molecule has 0 radical (unpaired) electrons. The molecule has 2 rings (SSSR count). The number of nitrogens with two attached hydrogens (primary N) is 1. The van der Waals surface area contributed by atoms with E-state index in [2.05, 4.69) is 30.9 Å². The molecule has 0 unspecified atom stereocenters. The molecule has 5 N–H and O–H groups in total. The Bertz CT molecular complexity index is 551. The highest BCUT2D eigenvalue weighted by atomic mass is 16.1. The molecule has 18 heavy (non-hydrogen) atoms. The maximum absolute atomic E-state index is 11.8. The number of nitrogens with one attached hydrogen (secondary N) is 3. The van der Waals surface area contributed by atoms with E-state index < -0.39 is 0 Å². The van der Waals surface area contributed by atoms with Gasteiger partial charge in [0.15, 0.2) is 5.82 Å². The number of aromatic nitrogens is 4. The number of nitrogen functional groups attached to an aromatic ring is 1. The molecule has 1 amide bonds. The van der Waals surface area contributed by atoms with E-state index in [1.165, 1.54) is 12.4 Å². The third kappa shape index (κ3) is 2.61. The summed E-state index contributed by atoms with van der Waals surface area (Å²) in [5, 5.41) is 9.39. The molecule has 0 aromatic carbocycles. The average molecular weight is 247 g/mol. The summed E-state index contributed by atoms with van der Waals surface area (Å²) < 4.78 is 0. The van der Waals surface area contributed by atoms with Crippen LogP contribution in [0.3, 0.4) is 0 Å². The second-order valence-electron chi connectivity index (χ2n) is 3.64. The maximum Gasteiger partial charge on any atom is 0.271 e. The molecule has 0 aliphatic rings. The number of H-pyrrole nitrogens is 1.